The molecule has 2 aliphatic heterocycles. The highest BCUT2D eigenvalue weighted by atomic mass is 16.7. The van der Waals surface area contributed by atoms with Crippen molar-refractivity contribution < 1.29 is 14.7 Å². The van der Waals surface area contributed by atoms with Crippen LogP contribution in [-0.4, -0.2) is 40.3 Å². The van der Waals surface area contributed by atoms with E-state index in [1.165, 1.54) is 5.06 Å². The van der Waals surface area contributed by atoms with E-state index in [0.717, 1.165) is 0 Å². The molecule has 0 aliphatic carbocycles. The Bertz CT molecular complexity index is 306. The van der Waals surface area contributed by atoms with Crippen molar-refractivity contribution in [1.82, 2.24) is 5.06 Å². The molecule has 106 valence electrons. The maximum Gasteiger partial charge on any atom is 0.171 e. The maximum atomic E-state index is 10.3. The molecule has 2 heterocycles. The van der Waals surface area contributed by atoms with Gasteiger partial charge in [0.1, 0.15) is 0 Å². The molecule has 2 aliphatic rings. The van der Waals surface area contributed by atoms with Gasteiger partial charge in [0, 0.05) is 29.3 Å². The van der Waals surface area contributed by atoms with Crippen LogP contribution < -0.4 is 0 Å². The lowest BCUT2D eigenvalue weighted by molar-refractivity contribution is -0.370. The van der Waals surface area contributed by atoms with Crippen LogP contribution in [0, 0.1) is 5.41 Å². The first-order chi connectivity index (χ1) is 7.98. The minimum absolute atomic E-state index is 0.0793. The van der Waals surface area contributed by atoms with Crippen LogP contribution in [0.3, 0.4) is 0 Å². The lowest BCUT2D eigenvalue weighted by Crippen LogP contribution is -2.67. The molecular weight excluding hydrogens is 230 g/mol. The third-order valence-corrected chi connectivity index (χ3v) is 4.00. The van der Waals surface area contributed by atoms with Gasteiger partial charge < -0.3 is 14.7 Å². The van der Waals surface area contributed by atoms with Crippen molar-refractivity contribution in [2.24, 2.45) is 5.41 Å². The number of piperidine rings is 1. The quantitative estimate of drug-likeness (QED) is 0.724. The van der Waals surface area contributed by atoms with Crippen LogP contribution in [0.2, 0.25) is 0 Å². The second-order valence-corrected chi connectivity index (χ2v) is 7.94. The summed E-state index contributed by atoms with van der Waals surface area (Å²) in [5.74, 6) is -0.540. The lowest BCUT2D eigenvalue weighted by atomic mass is 9.77. The number of rotatable bonds is 0. The van der Waals surface area contributed by atoms with Crippen LogP contribution in [0.15, 0.2) is 0 Å². The Morgan fingerprint density at radius 3 is 1.61 bits per heavy atom. The first kappa shape index (κ1) is 14.3. The van der Waals surface area contributed by atoms with E-state index in [1.807, 2.05) is 27.7 Å². The molecule has 18 heavy (non-hydrogen) atoms. The average Bonchev–Trinajstić information content (AvgIpc) is 2.19. The molecule has 0 bridgehead atoms. The fourth-order valence-electron chi connectivity index (χ4n) is 3.29. The van der Waals surface area contributed by atoms with Gasteiger partial charge in [0.2, 0.25) is 0 Å². The van der Waals surface area contributed by atoms with Gasteiger partial charge >= 0.3 is 0 Å². The highest BCUT2D eigenvalue weighted by Crippen LogP contribution is 2.47. The van der Waals surface area contributed by atoms with Gasteiger partial charge in [0.25, 0.3) is 0 Å². The van der Waals surface area contributed by atoms with Gasteiger partial charge in [-0.25, -0.2) is 0 Å². The second-order valence-electron chi connectivity index (χ2n) is 7.94. The molecule has 0 atom stereocenters. The Balaban J connectivity index is 2.21. The van der Waals surface area contributed by atoms with E-state index in [9.17, 15) is 5.21 Å². The number of hydroxylamine groups is 2. The summed E-state index contributed by atoms with van der Waals surface area (Å²) in [6.45, 7) is 13.8. The Morgan fingerprint density at radius 1 is 0.833 bits per heavy atom. The molecule has 0 aromatic rings. The van der Waals surface area contributed by atoms with Gasteiger partial charge in [-0.15, -0.1) is 0 Å². The average molecular weight is 257 g/mol. The first-order valence-corrected chi connectivity index (χ1v) is 6.75. The molecule has 0 radical (unpaired) electrons. The van der Waals surface area contributed by atoms with Gasteiger partial charge in [0.15, 0.2) is 5.79 Å². The predicted molar refractivity (Wildman–Crippen MR) is 69.4 cm³/mol. The zero-order chi connectivity index (χ0) is 13.8. The van der Waals surface area contributed by atoms with Crippen molar-refractivity contribution in [1.29, 1.82) is 0 Å². The zero-order valence-corrected chi connectivity index (χ0v) is 12.5. The zero-order valence-electron chi connectivity index (χ0n) is 12.5. The molecule has 4 nitrogen and oxygen atoms in total. The van der Waals surface area contributed by atoms with Crippen molar-refractivity contribution in [2.75, 3.05) is 13.2 Å². The lowest BCUT2D eigenvalue weighted by Gasteiger charge is -2.57. The summed E-state index contributed by atoms with van der Waals surface area (Å²) in [7, 11) is 0. The molecule has 0 unspecified atom stereocenters. The topological polar surface area (TPSA) is 41.9 Å². The van der Waals surface area contributed by atoms with Gasteiger partial charge in [-0.05, 0) is 27.7 Å². The SMILES string of the molecule is CC1(C)COC2(CC(C)(C)N(O)C(C)(C)C2)OC1. The summed E-state index contributed by atoms with van der Waals surface area (Å²) in [6.07, 6.45) is 1.38. The third-order valence-electron chi connectivity index (χ3n) is 4.00. The summed E-state index contributed by atoms with van der Waals surface area (Å²) in [5, 5.41) is 11.8. The number of nitrogens with zero attached hydrogens (tertiary/aromatic N) is 1. The number of hydrogen-bond donors (Lipinski definition) is 1. The van der Waals surface area contributed by atoms with Gasteiger partial charge in [0.05, 0.1) is 13.2 Å². The normalized spacial score (nSPS) is 33.5. The number of ether oxygens (including phenoxy) is 2. The van der Waals surface area contributed by atoms with Crippen molar-refractivity contribution in [3.8, 4) is 0 Å². The van der Waals surface area contributed by atoms with Crippen LogP contribution in [0.25, 0.3) is 0 Å². The number of hydrogen-bond acceptors (Lipinski definition) is 4. The molecule has 0 amide bonds. The molecule has 4 heteroatoms. The van der Waals surface area contributed by atoms with E-state index in [1.54, 1.807) is 0 Å². The van der Waals surface area contributed by atoms with Crippen molar-refractivity contribution in [3.05, 3.63) is 0 Å². The standard InChI is InChI=1S/C14H27NO3/c1-11(2)9-17-14(18-10-11)7-12(3,4)15(16)13(5,6)8-14/h16H,7-10H2,1-6H3. The fourth-order valence-corrected chi connectivity index (χ4v) is 3.29. The van der Waals surface area contributed by atoms with Crippen molar-refractivity contribution in [2.45, 2.75) is 71.2 Å². The Kier molecular flexibility index (Phi) is 3.10. The van der Waals surface area contributed by atoms with Crippen LogP contribution in [-0.2, 0) is 9.47 Å². The molecule has 2 saturated heterocycles. The van der Waals surface area contributed by atoms with Crippen LogP contribution in [0.5, 0.6) is 0 Å². The molecule has 2 fully saturated rings. The Morgan fingerprint density at radius 2 is 1.22 bits per heavy atom. The summed E-state index contributed by atoms with van der Waals surface area (Å²) in [4.78, 5) is 0. The maximum absolute atomic E-state index is 10.3. The second kappa shape index (κ2) is 3.92. The van der Waals surface area contributed by atoms with E-state index in [4.69, 9.17) is 9.47 Å². The van der Waals surface area contributed by atoms with Gasteiger partial charge in [-0.2, -0.15) is 5.06 Å². The smallest absolute Gasteiger partial charge is 0.171 e. The largest absolute Gasteiger partial charge is 0.349 e. The molecule has 2 rings (SSSR count). The third kappa shape index (κ3) is 2.44. The van der Waals surface area contributed by atoms with E-state index in [2.05, 4.69) is 13.8 Å². The fraction of sp³-hybridized carbons (Fsp3) is 1.00. The van der Waals surface area contributed by atoms with E-state index < -0.39 is 5.79 Å². The summed E-state index contributed by atoms with van der Waals surface area (Å²) in [6, 6.07) is 0. The Hall–Kier alpha value is -0.160. The van der Waals surface area contributed by atoms with Gasteiger partial charge in [-0.3, -0.25) is 0 Å². The van der Waals surface area contributed by atoms with Crippen LogP contribution in [0.4, 0.5) is 0 Å². The van der Waals surface area contributed by atoms with E-state index in [-0.39, 0.29) is 16.5 Å². The highest BCUT2D eigenvalue weighted by molar-refractivity contribution is 5.02. The molecule has 1 spiro atoms. The van der Waals surface area contributed by atoms with E-state index >= 15 is 0 Å². The van der Waals surface area contributed by atoms with Crippen LogP contribution >= 0.6 is 0 Å². The first-order valence-electron chi connectivity index (χ1n) is 6.75. The van der Waals surface area contributed by atoms with Crippen molar-refractivity contribution in [3.63, 3.8) is 0 Å². The predicted octanol–water partition coefficient (Wildman–Crippen LogP) is 2.80. The molecule has 0 saturated carbocycles. The molecule has 0 aromatic carbocycles. The minimum Gasteiger partial charge on any atom is -0.349 e. The van der Waals surface area contributed by atoms with Crippen molar-refractivity contribution >= 4 is 0 Å². The molecule has 0 aromatic heterocycles. The molecular formula is C14H27NO3. The summed E-state index contributed by atoms with van der Waals surface area (Å²) < 4.78 is 12.2. The minimum atomic E-state index is -0.540. The van der Waals surface area contributed by atoms with E-state index in [0.29, 0.717) is 26.1 Å². The monoisotopic (exact) mass is 257 g/mol. The Labute approximate surface area is 110 Å². The highest BCUT2D eigenvalue weighted by Gasteiger charge is 2.55. The summed E-state index contributed by atoms with van der Waals surface area (Å²) in [5.41, 5.74) is -0.609. The summed E-state index contributed by atoms with van der Waals surface area (Å²) >= 11 is 0. The van der Waals surface area contributed by atoms with Gasteiger partial charge in [-0.1, -0.05) is 13.8 Å². The van der Waals surface area contributed by atoms with Crippen LogP contribution in [0.1, 0.15) is 54.4 Å². The molecule has 1 N–H and O–H groups in total.